The Morgan fingerprint density at radius 3 is 2.50 bits per heavy atom. The second kappa shape index (κ2) is 9.94. The maximum Gasteiger partial charge on any atom is 0.337 e. The van der Waals surface area contributed by atoms with Crippen molar-refractivity contribution in [3.8, 4) is 6.07 Å². The van der Waals surface area contributed by atoms with E-state index in [0.717, 1.165) is 11.3 Å². The van der Waals surface area contributed by atoms with Crippen LogP contribution in [0.1, 0.15) is 31.0 Å². The Kier molecular flexibility index (Phi) is 7.07. The zero-order valence-electron chi connectivity index (χ0n) is 17.9. The summed E-state index contributed by atoms with van der Waals surface area (Å²) >= 11 is 5.48. The maximum atomic E-state index is 12.6. The zero-order valence-corrected chi connectivity index (χ0v) is 18.7. The fourth-order valence-electron chi connectivity index (χ4n) is 3.50. The molecule has 2 aromatic rings. The number of anilines is 2. The molecule has 1 heterocycles. The molecular formula is C23H23N5O3S. The number of nitrogens with zero attached hydrogens (tertiary/aromatic N) is 2. The first-order chi connectivity index (χ1) is 15.4. The molecule has 8 nitrogen and oxygen atoms in total. The molecule has 2 aromatic carbocycles. The summed E-state index contributed by atoms with van der Waals surface area (Å²) in [7, 11) is 1.34. The van der Waals surface area contributed by atoms with Gasteiger partial charge in [0.25, 0.3) is 0 Å². The second-order valence-corrected chi connectivity index (χ2v) is 7.40. The highest BCUT2D eigenvalue weighted by Gasteiger charge is 2.34. The van der Waals surface area contributed by atoms with Crippen LogP contribution in [-0.2, 0) is 9.53 Å². The summed E-state index contributed by atoms with van der Waals surface area (Å²) in [6.45, 7) is 4.40. The van der Waals surface area contributed by atoms with E-state index >= 15 is 0 Å². The van der Waals surface area contributed by atoms with Gasteiger partial charge in [-0.1, -0.05) is 12.1 Å². The lowest BCUT2D eigenvalue weighted by atomic mass is 9.94. The summed E-state index contributed by atoms with van der Waals surface area (Å²) in [4.78, 5) is 26.8. The number of carbonyl (C=O) groups excluding carboxylic acids is 2. The maximum absolute atomic E-state index is 12.6. The summed E-state index contributed by atoms with van der Waals surface area (Å²) in [6, 6.07) is 14.8. The van der Waals surface area contributed by atoms with E-state index in [-0.39, 0.29) is 0 Å². The molecule has 0 saturated heterocycles. The second-order valence-electron chi connectivity index (χ2n) is 7.01. The fourth-order valence-corrected chi connectivity index (χ4v) is 3.89. The minimum absolute atomic E-state index is 0.434. The van der Waals surface area contributed by atoms with Crippen LogP contribution in [0.2, 0.25) is 0 Å². The van der Waals surface area contributed by atoms with Crippen LogP contribution in [0.25, 0.3) is 0 Å². The van der Waals surface area contributed by atoms with Crippen molar-refractivity contribution in [2.24, 2.45) is 0 Å². The van der Waals surface area contributed by atoms with E-state index in [9.17, 15) is 9.59 Å². The Hall–Kier alpha value is -3.90. The quantitative estimate of drug-likeness (QED) is 0.469. The lowest BCUT2D eigenvalue weighted by Crippen LogP contribution is -2.47. The average molecular weight is 450 g/mol. The number of benzene rings is 2. The summed E-state index contributed by atoms with van der Waals surface area (Å²) < 4.78 is 5.01. The van der Waals surface area contributed by atoms with Gasteiger partial charge < -0.3 is 25.6 Å². The Bertz CT molecular complexity index is 1120. The predicted octanol–water partition coefficient (Wildman–Crippen LogP) is 3.90. The van der Waals surface area contributed by atoms with Gasteiger partial charge in [0.05, 0.1) is 30.4 Å². The number of nitrogens with one attached hydrogen (secondary N) is 3. The molecule has 1 atom stereocenters. The van der Waals surface area contributed by atoms with Gasteiger partial charge in [-0.25, -0.2) is 9.59 Å². The Labute approximate surface area is 191 Å². The van der Waals surface area contributed by atoms with E-state index < -0.39 is 18.0 Å². The number of esters is 1. The number of carbonyl (C=O) groups is 2. The van der Waals surface area contributed by atoms with E-state index in [1.807, 2.05) is 30.9 Å². The molecule has 1 aliphatic heterocycles. The number of hydrogen-bond acceptors (Lipinski definition) is 5. The summed E-state index contributed by atoms with van der Waals surface area (Å²) in [5.74, 6) is -0.446. The normalized spacial score (nSPS) is 15.5. The van der Waals surface area contributed by atoms with Crippen LogP contribution >= 0.6 is 12.2 Å². The molecule has 32 heavy (non-hydrogen) atoms. The SMILES string of the molecule is CCN1C(=S)NC(c2cccc(NC(=O)Nc3ccc(C#N)cc3)c2)C(C(=O)OC)=C1C. The van der Waals surface area contributed by atoms with Gasteiger partial charge in [0.15, 0.2) is 5.11 Å². The highest BCUT2D eigenvalue weighted by Crippen LogP contribution is 2.32. The summed E-state index contributed by atoms with van der Waals surface area (Å²) in [5.41, 5.74) is 3.54. The molecule has 164 valence electrons. The number of hydrogen-bond donors (Lipinski definition) is 3. The lowest BCUT2D eigenvalue weighted by molar-refractivity contribution is -0.136. The van der Waals surface area contributed by atoms with Crippen LogP contribution < -0.4 is 16.0 Å². The Balaban J connectivity index is 1.83. The predicted molar refractivity (Wildman–Crippen MR) is 126 cm³/mol. The first kappa shape index (κ1) is 22.8. The molecule has 0 aromatic heterocycles. The number of nitriles is 1. The molecule has 9 heteroatoms. The molecule has 0 spiro atoms. The molecule has 3 rings (SSSR count). The fraction of sp³-hybridized carbons (Fsp3) is 0.217. The van der Waals surface area contributed by atoms with Crippen molar-refractivity contribution >= 4 is 40.7 Å². The van der Waals surface area contributed by atoms with E-state index in [1.165, 1.54) is 7.11 Å². The van der Waals surface area contributed by atoms with E-state index in [0.29, 0.717) is 34.2 Å². The van der Waals surface area contributed by atoms with E-state index in [4.69, 9.17) is 22.2 Å². The third-order valence-corrected chi connectivity index (χ3v) is 5.41. The van der Waals surface area contributed by atoms with Crippen molar-refractivity contribution in [1.29, 1.82) is 5.26 Å². The van der Waals surface area contributed by atoms with Crippen LogP contribution in [0.4, 0.5) is 16.2 Å². The molecule has 1 unspecified atom stereocenters. The van der Waals surface area contributed by atoms with E-state index in [1.54, 1.807) is 42.5 Å². The van der Waals surface area contributed by atoms with Crippen LogP contribution in [0.15, 0.2) is 59.8 Å². The van der Waals surface area contributed by atoms with Crippen LogP contribution in [-0.4, -0.2) is 35.7 Å². The third-order valence-electron chi connectivity index (χ3n) is 5.07. The first-order valence-corrected chi connectivity index (χ1v) is 10.3. The number of ether oxygens (including phenoxy) is 1. The largest absolute Gasteiger partial charge is 0.466 e. The molecule has 0 fully saturated rings. The lowest BCUT2D eigenvalue weighted by Gasteiger charge is -2.37. The standard InChI is InChI=1S/C23H23N5O3S/c1-4-28-14(2)19(21(29)31-3)20(27-23(28)32)16-6-5-7-18(12-16)26-22(30)25-17-10-8-15(13-24)9-11-17/h5-12,20H,4H2,1-3H3,(H,27,32)(H2,25,26,30). The minimum atomic E-state index is -0.513. The molecule has 3 N–H and O–H groups in total. The van der Waals surface area contributed by atoms with Crippen molar-refractivity contribution in [2.75, 3.05) is 24.3 Å². The van der Waals surface area contributed by atoms with Crippen LogP contribution in [0.3, 0.4) is 0 Å². The highest BCUT2D eigenvalue weighted by molar-refractivity contribution is 7.80. The number of urea groups is 1. The van der Waals surface area contributed by atoms with Crippen LogP contribution in [0, 0.1) is 11.3 Å². The van der Waals surface area contributed by atoms with Gasteiger partial charge in [0.2, 0.25) is 0 Å². The number of thiocarbonyl (C=S) groups is 1. The molecule has 1 aliphatic rings. The van der Waals surface area contributed by atoms with Gasteiger partial charge in [-0.15, -0.1) is 0 Å². The van der Waals surface area contributed by atoms with Gasteiger partial charge in [0, 0.05) is 23.6 Å². The molecular weight excluding hydrogens is 426 g/mol. The number of methoxy groups -OCH3 is 1. The van der Waals surface area contributed by atoms with Crippen molar-refractivity contribution < 1.29 is 14.3 Å². The van der Waals surface area contributed by atoms with Crippen LogP contribution in [0.5, 0.6) is 0 Å². The van der Waals surface area contributed by atoms with Gasteiger partial charge in [0.1, 0.15) is 0 Å². The van der Waals surface area contributed by atoms with E-state index in [2.05, 4.69) is 16.0 Å². The van der Waals surface area contributed by atoms with Crippen molar-refractivity contribution in [2.45, 2.75) is 19.9 Å². The third kappa shape index (κ3) is 4.87. The Morgan fingerprint density at radius 2 is 1.88 bits per heavy atom. The molecule has 2 amide bonds. The molecule has 0 bridgehead atoms. The smallest absolute Gasteiger partial charge is 0.337 e. The van der Waals surface area contributed by atoms with Crippen molar-refractivity contribution in [3.63, 3.8) is 0 Å². The monoisotopic (exact) mass is 449 g/mol. The topological polar surface area (TPSA) is 106 Å². The highest BCUT2D eigenvalue weighted by atomic mass is 32.1. The van der Waals surface area contributed by atoms with Crippen molar-refractivity contribution in [3.05, 3.63) is 70.9 Å². The van der Waals surface area contributed by atoms with Gasteiger partial charge in [-0.3, -0.25) is 0 Å². The minimum Gasteiger partial charge on any atom is -0.466 e. The van der Waals surface area contributed by atoms with Crippen molar-refractivity contribution in [1.82, 2.24) is 10.2 Å². The van der Waals surface area contributed by atoms with Gasteiger partial charge in [-0.2, -0.15) is 5.26 Å². The zero-order chi connectivity index (χ0) is 23.3. The first-order valence-electron chi connectivity index (χ1n) is 9.93. The van der Waals surface area contributed by atoms with Gasteiger partial charge >= 0.3 is 12.0 Å². The number of rotatable bonds is 5. The number of amides is 2. The number of allylic oxidation sites excluding steroid dienone is 1. The average Bonchev–Trinajstić information content (AvgIpc) is 2.79. The van der Waals surface area contributed by atoms with Gasteiger partial charge in [-0.05, 0) is 68.0 Å². The summed E-state index contributed by atoms with van der Waals surface area (Å²) in [5, 5.41) is 18.1. The molecule has 0 aliphatic carbocycles. The summed E-state index contributed by atoms with van der Waals surface area (Å²) in [6.07, 6.45) is 0. The molecule has 0 radical (unpaired) electrons. The molecule has 0 saturated carbocycles. The Morgan fingerprint density at radius 1 is 1.19 bits per heavy atom.